The first-order chi connectivity index (χ1) is 8.41. The summed E-state index contributed by atoms with van der Waals surface area (Å²) in [5, 5.41) is 8.87. The number of hydrogen-bond acceptors (Lipinski definition) is 7. The van der Waals surface area contributed by atoms with Gasteiger partial charge in [-0.3, -0.25) is 0 Å². The number of nitrogens with two attached hydrogens (primary N) is 1. The summed E-state index contributed by atoms with van der Waals surface area (Å²) in [5.41, 5.74) is -0.129. The first-order valence-corrected chi connectivity index (χ1v) is 7.22. The van der Waals surface area contributed by atoms with Gasteiger partial charge in [0, 0.05) is 11.8 Å². The molecule has 2 rings (SSSR count). The molecule has 0 radical (unpaired) electrons. The summed E-state index contributed by atoms with van der Waals surface area (Å²) in [6.07, 6.45) is 0.833. The molecular formula is C10H16N6S2. The third-order valence-corrected chi connectivity index (χ3v) is 4.03. The maximum atomic E-state index is 6.00. The summed E-state index contributed by atoms with van der Waals surface area (Å²) >= 11 is 2.76. The van der Waals surface area contributed by atoms with Crippen LogP contribution in [0.25, 0.3) is 0 Å². The monoisotopic (exact) mass is 284 g/mol. The van der Waals surface area contributed by atoms with E-state index in [9.17, 15) is 0 Å². The van der Waals surface area contributed by atoms with Crippen molar-refractivity contribution in [1.82, 2.24) is 24.2 Å². The second kappa shape index (κ2) is 4.85. The van der Waals surface area contributed by atoms with Crippen molar-refractivity contribution in [2.24, 2.45) is 0 Å². The number of aromatic nitrogens is 5. The predicted molar refractivity (Wildman–Crippen MR) is 72.3 cm³/mol. The van der Waals surface area contributed by atoms with Crippen molar-refractivity contribution in [2.45, 2.75) is 49.0 Å². The molecule has 0 fully saturated rings. The zero-order valence-electron chi connectivity index (χ0n) is 10.8. The Morgan fingerprint density at radius 2 is 2.06 bits per heavy atom. The average Bonchev–Trinajstić information content (AvgIpc) is 2.86. The van der Waals surface area contributed by atoms with Gasteiger partial charge in [-0.2, -0.15) is 4.37 Å². The van der Waals surface area contributed by atoms with Crippen molar-refractivity contribution in [3.8, 4) is 0 Å². The lowest BCUT2D eigenvalue weighted by Gasteiger charge is -2.16. The number of rotatable bonds is 3. The molecule has 0 aliphatic carbocycles. The largest absolute Gasteiger partial charge is 0.336 e. The van der Waals surface area contributed by atoms with Crippen LogP contribution < -0.4 is 5.84 Å². The van der Waals surface area contributed by atoms with E-state index in [-0.39, 0.29) is 5.41 Å². The molecule has 2 N–H and O–H groups in total. The quantitative estimate of drug-likeness (QED) is 0.866. The van der Waals surface area contributed by atoms with Gasteiger partial charge in [-0.15, -0.1) is 10.2 Å². The Kier molecular flexibility index (Phi) is 3.58. The lowest BCUT2D eigenvalue weighted by atomic mass is 9.96. The van der Waals surface area contributed by atoms with Crippen molar-refractivity contribution in [2.75, 3.05) is 5.84 Å². The van der Waals surface area contributed by atoms with E-state index in [1.807, 2.05) is 6.92 Å². The molecule has 0 unspecified atom stereocenters. The number of nitrogen functional groups attached to an aromatic ring is 1. The highest BCUT2D eigenvalue weighted by Gasteiger charge is 2.23. The molecular weight excluding hydrogens is 268 g/mol. The van der Waals surface area contributed by atoms with Gasteiger partial charge in [-0.25, -0.2) is 9.66 Å². The number of nitrogens with zero attached hydrogens (tertiary/aromatic N) is 5. The van der Waals surface area contributed by atoms with E-state index in [2.05, 4.69) is 40.3 Å². The first kappa shape index (κ1) is 13.3. The summed E-state index contributed by atoms with van der Waals surface area (Å²) in [7, 11) is 0. The van der Waals surface area contributed by atoms with Crippen LogP contribution in [0.4, 0.5) is 0 Å². The van der Waals surface area contributed by atoms with Crippen LogP contribution in [0.2, 0.25) is 0 Å². The second-order valence-electron chi connectivity index (χ2n) is 4.86. The van der Waals surface area contributed by atoms with Crippen LogP contribution in [0.3, 0.4) is 0 Å². The first-order valence-electron chi connectivity index (χ1n) is 5.63. The molecule has 0 saturated carbocycles. The Bertz CT molecular complexity index is 539. The topological polar surface area (TPSA) is 82.5 Å². The smallest absolute Gasteiger partial charge is 0.216 e. The van der Waals surface area contributed by atoms with E-state index in [0.717, 1.165) is 22.4 Å². The summed E-state index contributed by atoms with van der Waals surface area (Å²) in [6.45, 7) is 8.18. The Hall–Kier alpha value is -1.15. The lowest BCUT2D eigenvalue weighted by Crippen LogP contribution is -2.24. The molecule has 98 valence electrons. The summed E-state index contributed by atoms with van der Waals surface area (Å²) in [5.74, 6) is 7.61. The minimum Gasteiger partial charge on any atom is -0.336 e. The Labute approximate surface area is 114 Å². The van der Waals surface area contributed by atoms with Crippen molar-refractivity contribution >= 4 is 23.3 Å². The van der Waals surface area contributed by atoms with Gasteiger partial charge in [-0.1, -0.05) is 27.7 Å². The molecule has 2 heterocycles. The molecule has 0 aliphatic rings. The maximum absolute atomic E-state index is 6.00. The van der Waals surface area contributed by atoms with E-state index in [1.165, 1.54) is 28.0 Å². The van der Waals surface area contributed by atoms with Gasteiger partial charge in [0.15, 0.2) is 10.2 Å². The zero-order chi connectivity index (χ0) is 13.3. The third-order valence-electron chi connectivity index (χ3n) is 2.28. The molecule has 0 saturated heterocycles. The zero-order valence-corrected chi connectivity index (χ0v) is 12.5. The fourth-order valence-corrected chi connectivity index (χ4v) is 2.92. The summed E-state index contributed by atoms with van der Waals surface area (Å²) in [4.78, 5) is 4.37. The fraction of sp³-hybridized carbons (Fsp3) is 0.600. The highest BCUT2D eigenvalue weighted by molar-refractivity contribution is 8.00. The van der Waals surface area contributed by atoms with E-state index >= 15 is 0 Å². The van der Waals surface area contributed by atoms with Gasteiger partial charge in [0.1, 0.15) is 5.82 Å². The van der Waals surface area contributed by atoms with Gasteiger partial charge in [-0.05, 0) is 23.3 Å². The number of hydrogen-bond donors (Lipinski definition) is 1. The molecule has 8 heteroatoms. The standard InChI is InChI=1S/C10H16N6S2/c1-5-6-12-9(18-15-6)17-8-14-13-7(16(8)11)10(2,3)4/h5,11H2,1-4H3. The van der Waals surface area contributed by atoms with Crippen LogP contribution in [0.1, 0.15) is 39.3 Å². The Morgan fingerprint density at radius 1 is 1.33 bits per heavy atom. The normalized spacial score (nSPS) is 12.0. The van der Waals surface area contributed by atoms with Crippen LogP contribution in [0.5, 0.6) is 0 Å². The molecule has 0 aromatic carbocycles. The molecule has 0 atom stereocenters. The number of aryl methyl sites for hydroxylation is 1. The summed E-state index contributed by atoms with van der Waals surface area (Å²) < 4.78 is 6.59. The molecule has 0 bridgehead atoms. The van der Waals surface area contributed by atoms with Crippen LogP contribution >= 0.6 is 23.3 Å². The Balaban J connectivity index is 2.22. The average molecular weight is 284 g/mol. The lowest BCUT2D eigenvalue weighted by molar-refractivity contribution is 0.523. The predicted octanol–water partition coefficient (Wildman–Crippen LogP) is 1.85. The molecule has 18 heavy (non-hydrogen) atoms. The van der Waals surface area contributed by atoms with E-state index in [4.69, 9.17) is 5.84 Å². The van der Waals surface area contributed by atoms with Gasteiger partial charge in [0.2, 0.25) is 5.16 Å². The van der Waals surface area contributed by atoms with E-state index in [1.54, 1.807) is 0 Å². The van der Waals surface area contributed by atoms with Crippen molar-refractivity contribution in [3.05, 3.63) is 11.6 Å². The van der Waals surface area contributed by atoms with Crippen LogP contribution in [-0.2, 0) is 11.8 Å². The molecule has 0 aliphatic heterocycles. The van der Waals surface area contributed by atoms with E-state index in [0.29, 0.717) is 5.16 Å². The third kappa shape index (κ3) is 2.64. The fourth-order valence-electron chi connectivity index (χ4n) is 1.36. The van der Waals surface area contributed by atoms with Crippen LogP contribution in [-0.4, -0.2) is 24.2 Å². The van der Waals surface area contributed by atoms with Crippen LogP contribution in [0, 0.1) is 0 Å². The minimum atomic E-state index is -0.129. The van der Waals surface area contributed by atoms with Gasteiger partial charge >= 0.3 is 0 Å². The van der Waals surface area contributed by atoms with Crippen molar-refractivity contribution in [1.29, 1.82) is 0 Å². The van der Waals surface area contributed by atoms with E-state index < -0.39 is 0 Å². The Morgan fingerprint density at radius 3 is 2.56 bits per heavy atom. The molecule has 0 amide bonds. The maximum Gasteiger partial charge on any atom is 0.216 e. The van der Waals surface area contributed by atoms with Gasteiger partial charge < -0.3 is 5.84 Å². The molecule has 2 aromatic rings. The van der Waals surface area contributed by atoms with Gasteiger partial charge in [0.25, 0.3) is 0 Å². The molecule has 2 aromatic heterocycles. The molecule has 6 nitrogen and oxygen atoms in total. The van der Waals surface area contributed by atoms with Crippen LogP contribution in [0.15, 0.2) is 9.50 Å². The highest BCUT2D eigenvalue weighted by Crippen LogP contribution is 2.29. The SMILES string of the molecule is CCc1nsc(Sc2nnc(C(C)(C)C)n2N)n1. The van der Waals surface area contributed by atoms with Crippen molar-refractivity contribution < 1.29 is 0 Å². The van der Waals surface area contributed by atoms with Gasteiger partial charge in [0.05, 0.1) is 0 Å². The highest BCUT2D eigenvalue weighted by atomic mass is 32.2. The summed E-state index contributed by atoms with van der Waals surface area (Å²) in [6, 6.07) is 0. The second-order valence-corrected chi connectivity index (χ2v) is 6.82. The minimum absolute atomic E-state index is 0.129. The molecule has 0 spiro atoms. The van der Waals surface area contributed by atoms with Crippen molar-refractivity contribution in [3.63, 3.8) is 0 Å².